The van der Waals surface area contributed by atoms with Crippen LogP contribution in [0.4, 0.5) is 22.0 Å². The third kappa shape index (κ3) is 7.38. The van der Waals surface area contributed by atoms with Crippen LogP contribution in [0.25, 0.3) is 10.9 Å². The number of nitrogens with zero attached hydrogens (tertiary/aromatic N) is 1. The maximum atomic E-state index is 13.9. The number of aromatic nitrogens is 1. The Balaban J connectivity index is 0.000000260. The van der Waals surface area contributed by atoms with Crippen LogP contribution in [-0.4, -0.2) is 30.1 Å². The molecule has 222 valence electrons. The molecular weight excluding hydrogens is 561 g/mol. The van der Waals surface area contributed by atoms with Gasteiger partial charge in [-0.1, -0.05) is 42.0 Å². The van der Waals surface area contributed by atoms with Crippen LogP contribution in [0.2, 0.25) is 0 Å². The second-order valence-electron chi connectivity index (χ2n) is 9.29. The number of alkyl halides is 3. The van der Waals surface area contributed by atoms with Gasteiger partial charge in [0.25, 0.3) is 11.5 Å². The van der Waals surface area contributed by atoms with Crippen LogP contribution in [0.5, 0.6) is 0 Å². The van der Waals surface area contributed by atoms with E-state index in [1.54, 1.807) is 24.3 Å². The second-order valence-corrected chi connectivity index (χ2v) is 9.29. The van der Waals surface area contributed by atoms with Crippen LogP contribution in [0.15, 0.2) is 65.5 Å². The van der Waals surface area contributed by atoms with Crippen molar-refractivity contribution in [1.29, 1.82) is 0 Å². The first-order chi connectivity index (χ1) is 19.8. The van der Waals surface area contributed by atoms with Crippen molar-refractivity contribution in [3.05, 3.63) is 116 Å². The number of nitrogens with one attached hydrogen (secondary N) is 1. The Hall–Kier alpha value is -4.58. The molecular formula is C30H28F5N3O4. The molecule has 42 heavy (non-hydrogen) atoms. The lowest BCUT2D eigenvalue weighted by atomic mass is 9.95. The van der Waals surface area contributed by atoms with Gasteiger partial charge in [-0.3, -0.25) is 14.4 Å². The number of hydrogen-bond acceptors (Lipinski definition) is 5. The van der Waals surface area contributed by atoms with E-state index in [0.717, 1.165) is 30.9 Å². The molecule has 12 heteroatoms. The number of hydrogen-bond donors (Lipinski definition) is 2. The number of methoxy groups -OCH3 is 1. The first kappa shape index (κ1) is 31.9. The number of nitrogens with two attached hydrogens (primary N) is 1. The topological polar surface area (TPSA) is 103 Å². The zero-order chi connectivity index (χ0) is 31.2. The standard InChI is InChI=1S/C20H19F3N2O.C10H9F2NO3/c1-12-4-3-5-13(8-12)9-16-18(20(21,22)23)15-10-14(11-24)6-7-17(15)25(2)19(16)26;1-16-8(14)5-13-10(15)9-6(11)3-2-4-7(9)12/h3-8,10H,9,11,24H2,1-2H3;2-4H,5H2,1H3,(H,13,15). The van der Waals surface area contributed by atoms with Crippen molar-refractivity contribution in [2.75, 3.05) is 13.7 Å². The smallest absolute Gasteiger partial charge is 0.417 e. The molecule has 0 aliphatic carbocycles. The Bertz CT molecular complexity index is 1660. The van der Waals surface area contributed by atoms with Crippen LogP contribution in [-0.2, 0) is 35.7 Å². The molecule has 0 aliphatic heterocycles. The minimum Gasteiger partial charge on any atom is -0.468 e. The molecule has 1 aromatic heterocycles. The van der Waals surface area contributed by atoms with E-state index in [9.17, 15) is 36.3 Å². The van der Waals surface area contributed by atoms with Crippen molar-refractivity contribution in [2.24, 2.45) is 12.8 Å². The summed E-state index contributed by atoms with van der Waals surface area (Å²) in [5.41, 5.74) is 5.56. The molecule has 4 rings (SSSR count). The van der Waals surface area contributed by atoms with Gasteiger partial charge in [-0.25, -0.2) is 8.78 Å². The summed E-state index contributed by atoms with van der Waals surface area (Å²) in [6.07, 6.45) is -4.72. The lowest BCUT2D eigenvalue weighted by molar-refractivity contribution is -0.139. The summed E-state index contributed by atoms with van der Waals surface area (Å²) in [4.78, 5) is 34.7. The molecule has 0 saturated heterocycles. The van der Waals surface area contributed by atoms with E-state index in [1.165, 1.54) is 23.7 Å². The van der Waals surface area contributed by atoms with Gasteiger partial charge in [-0.15, -0.1) is 0 Å². The van der Waals surface area contributed by atoms with Crippen LogP contribution >= 0.6 is 0 Å². The molecule has 0 saturated carbocycles. The third-order valence-electron chi connectivity index (χ3n) is 6.35. The summed E-state index contributed by atoms with van der Waals surface area (Å²) in [5.74, 6) is -3.67. The van der Waals surface area contributed by atoms with Gasteiger partial charge in [0.05, 0.1) is 18.2 Å². The Morgan fingerprint density at radius 1 is 0.976 bits per heavy atom. The fourth-order valence-corrected chi connectivity index (χ4v) is 4.33. The molecule has 0 atom stereocenters. The molecule has 3 aromatic carbocycles. The lowest BCUT2D eigenvalue weighted by Gasteiger charge is -2.18. The summed E-state index contributed by atoms with van der Waals surface area (Å²) >= 11 is 0. The van der Waals surface area contributed by atoms with Crippen LogP contribution in [0, 0.1) is 18.6 Å². The fourth-order valence-electron chi connectivity index (χ4n) is 4.33. The van der Waals surface area contributed by atoms with E-state index in [-0.39, 0.29) is 29.4 Å². The average molecular weight is 590 g/mol. The van der Waals surface area contributed by atoms with E-state index in [4.69, 9.17) is 5.73 Å². The Morgan fingerprint density at radius 3 is 2.19 bits per heavy atom. The summed E-state index contributed by atoms with van der Waals surface area (Å²) in [7, 11) is 2.63. The molecule has 0 aliphatic rings. The molecule has 1 heterocycles. The van der Waals surface area contributed by atoms with E-state index in [1.807, 2.05) is 18.3 Å². The molecule has 7 nitrogen and oxygen atoms in total. The van der Waals surface area contributed by atoms with E-state index in [2.05, 4.69) is 4.74 Å². The zero-order valence-corrected chi connectivity index (χ0v) is 22.9. The van der Waals surface area contributed by atoms with Gasteiger partial charge in [0.15, 0.2) is 0 Å². The average Bonchev–Trinajstić information content (AvgIpc) is 2.93. The predicted octanol–water partition coefficient (Wildman–Crippen LogP) is 4.78. The molecule has 0 radical (unpaired) electrons. The van der Waals surface area contributed by atoms with Gasteiger partial charge in [0.2, 0.25) is 0 Å². The van der Waals surface area contributed by atoms with Gasteiger partial charge < -0.3 is 20.4 Å². The Labute approximate surface area is 237 Å². The van der Waals surface area contributed by atoms with Crippen molar-refractivity contribution in [2.45, 2.75) is 26.1 Å². The number of esters is 1. The highest BCUT2D eigenvalue weighted by Gasteiger charge is 2.37. The first-order valence-corrected chi connectivity index (χ1v) is 12.5. The molecule has 0 unspecified atom stereocenters. The Morgan fingerprint density at radius 2 is 1.62 bits per heavy atom. The van der Waals surface area contributed by atoms with Gasteiger partial charge in [-0.05, 0) is 42.3 Å². The number of ether oxygens (including phenoxy) is 1. The van der Waals surface area contributed by atoms with Gasteiger partial charge in [0.1, 0.15) is 23.7 Å². The number of rotatable bonds is 6. The third-order valence-corrected chi connectivity index (χ3v) is 6.35. The summed E-state index contributed by atoms with van der Waals surface area (Å²) in [6, 6.07) is 14.8. The number of amides is 1. The van der Waals surface area contributed by atoms with Crippen LogP contribution in [0.1, 0.15) is 38.2 Å². The summed E-state index contributed by atoms with van der Waals surface area (Å²) in [5, 5.41) is 2.04. The quantitative estimate of drug-likeness (QED) is 0.249. The van der Waals surface area contributed by atoms with Crippen molar-refractivity contribution < 1.29 is 36.3 Å². The number of fused-ring (bicyclic) bond motifs is 1. The van der Waals surface area contributed by atoms with Crippen molar-refractivity contribution in [3.8, 4) is 0 Å². The SMILES string of the molecule is COC(=O)CNC(=O)c1c(F)cccc1F.Cc1cccc(Cc2c(C(F)(F)F)c3cc(CN)ccc3n(C)c2=O)c1. The van der Waals surface area contributed by atoms with E-state index >= 15 is 0 Å². The number of benzene rings is 3. The number of halogens is 5. The number of carbonyl (C=O) groups excluding carboxylic acids is 2. The summed E-state index contributed by atoms with van der Waals surface area (Å²) < 4.78 is 73.5. The van der Waals surface area contributed by atoms with Crippen molar-refractivity contribution in [1.82, 2.24) is 9.88 Å². The number of carbonyl (C=O) groups is 2. The first-order valence-electron chi connectivity index (χ1n) is 12.5. The molecule has 0 fully saturated rings. The highest BCUT2D eigenvalue weighted by molar-refractivity contribution is 5.96. The van der Waals surface area contributed by atoms with Crippen LogP contribution in [0.3, 0.4) is 0 Å². The fraction of sp³-hybridized carbons (Fsp3) is 0.233. The van der Waals surface area contributed by atoms with E-state index in [0.29, 0.717) is 11.1 Å². The zero-order valence-electron chi connectivity index (χ0n) is 22.9. The van der Waals surface area contributed by atoms with Crippen molar-refractivity contribution >= 4 is 22.8 Å². The normalized spacial score (nSPS) is 11.1. The largest absolute Gasteiger partial charge is 0.468 e. The van der Waals surface area contributed by atoms with Crippen molar-refractivity contribution in [3.63, 3.8) is 0 Å². The molecule has 0 spiro atoms. The minimum absolute atomic E-state index is 0.00482. The van der Waals surface area contributed by atoms with Gasteiger partial charge >= 0.3 is 12.1 Å². The molecule has 4 aromatic rings. The summed E-state index contributed by atoms with van der Waals surface area (Å²) in [6.45, 7) is 1.55. The predicted molar refractivity (Wildman–Crippen MR) is 147 cm³/mol. The van der Waals surface area contributed by atoms with E-state index < -0.39 is 52.9 Å². The highest BCUT2D eigenvalue weighted by atomic mass is 19.4. The lowest BCUT2D eigenvalue weighted by Crippen LogP contribution is -2.31. The number of pyridine rings is 1. The Kier molecular flexibility index (Phi) is 10.2. The molecule has 0 bridgehead atoms. The maximum Gasteiger partial charge on any atom is 0.417 e. The second kappa shape index (κ2) is 13.4. The van der Waals surface area contributed by atoms with Crippen LogP contribution < -0.4 is 16.6 Å². The maximum absolute atomic E-state index is 13.9. The highest BCUT2D eigenvalue weighted by Crippen LogP contribution is 2.37. The molecule has 3 N–H and O–H groups in total. The minimum atomic E-state index is -4.64. The number of aryl methyl sites for hydroxylation is 2. The molecule has 1 amide bonds. The monoisotopic (exact) mass is 589 g/mol. The van der Waals surface area contributed by atoms with Gasteiger partial charge in [0, 0.05) is 31.0 Å². The van der Waals surface area contributed by atoms with Gasteiger partial charge in [-0.2, -0.15) is 13.2 Å².